The molecule has 0 spiro atoms. The fraction of sp³-hybridized carbons (Fsp3) is 0.214. The van der Waals surface area contributed by atoms with Crippen LogP contribution in [-0.2, 0) is 10.0 Å². The Labute approximate surface area is 226 Å². The second kappa shape index (κ2) is 10.9. The number of hydrogen-bond donors (Lipinski definition) is 1. The first-order valence-electron chi connectivity index (χ1n) is 12.2. The first-order chi connectivity index (χ1) is 18.4. The van der Waals surface area contributed by atoms with Crippen molar-refractivity contribution in [2.45, 2.75) is 11.3 Å². The van der Waals surface area contributed by atoms with Crippen LogP contribution in [0.4, 0.5) is 11.4 Å². The molecule has 1 aliphatic rings. The number of rotatable bonds is 6. The molecule has 38 heavy (non-hydrogen) atoms. The number of nitrogens with one attached hydrogen (secondary N) is 1. The Morgan fingerprint density at radius 1 is 0.974 bits per heavy atom. The lowest BCUT2D eigenvalue weighted by Gasteiger charge is -2.25. The van der Waals surface area contributed by atoms with E-state index in [1.165, 1.54) is 12.1 Å². The van der Waals surface area contributed by atoms with E-state index in [4.69, 9.17) is 16.3 Å². The first kappa shape index (κ1) is 25.8. The highest BCUT2D eigenvalue weighted by Crippen LogP contribution is 2.30. The van der Waals surface area contributed by atoms with Crippen LogP contribution in [-0.4, -0.2) is 57.5 Å². The van der Waals surface area contributed by atoms with E-state index in [2.05, 4.69) is 14.6 Å². The van der Waals surface area contributed by atoms with Crippen LogP contribution in [0.3, 0.4) is 0 Å². The Hall–Kier alpha value is -3.82. The van der Waals surface area contributed by atoms with Gasteiger partial charge in [-0.05, 0) is 48.9 Å². The smallest absolute Gasteiger partial charge is 0.264 e. The van der Waals surface area contributed by atoms with E-state index in [0.29, 0.717) is 30.7 Å². The molecule has 4 aromatic rings. The molecule has 1 aromatic heterocycles. The summed E-state index contributed by atoms with van der Waals surface area (Å²) < 4.78 is 34.3. The summed E-state index contributed by atoms with van der Waals surface area (Å²) >= 11 is 6.50. The third-order valence-corrected chi connectivity index (χ3v) is 8.27. The summed E-state index contributed by atoms with van der Waals surface area (Å²) in [6.45, 7) is 2.56. The highest BCUT2D eigenvalue weighted by molar-refractivity contribution is 7.93. The second-order valence-electron chi connectivity index (χ2n) is 8.94. The van der Waals surface area contributed by atoms with Gasteiger partial charge in [0.25, 0.3) is 15.9 Å². The summed E-state index contributed by atoms with van der Waals surface area (Å²) in [6, 6.07) is 20.9. The predicted molar refractivity (Wildman–Crippen MR) is 150 cm³/mol. The number of nitrogens with zero attached hydrogens (tertiary/aromatic N) is 3. The van der Waals surface area contributed by atoms with Crippen molar-refractivity contribution in [3.05, 3.63) is 89.6 Å². The van der Waals surface area contributed by atoms with Gasteiger partial charge in [-0.25, -0.2) is 8.42 Å². The average molecular weight is 551 g/mol. The molecule has 0 aliphatic carbocycles. The zero-order valence-electron chi connectivity index (χ0n) is 20.8. The monoisotopic (exact) mass is 550 g/mol. The van der Waals surface area contributed by atoms with Gasteiger partial charge in [-0.2, -0.15) is 0 Å². The van der Waals surface area contributed by atoms with Gasteiger partial charge in [0.15, 0.2) is 0 Å². The van der Waals surface area contributed by atoms with Crippen LogP contribution in [0.5, 0.6) is 5.75 Å². The summed E-state index contributed by atoms with van der Waals surface area (Å²) in [7, 11) is -2.29. The van der Waals surface area contributed by atoms with Gasteiger partial charge in [0.05, 0.1) is 34.6 Å². The quantitative estimate of drug-likeness (QED) is 0.361. The summed E-state index contributed by atoms with van der Waals surface area (Å²) in [5.41, 5.74) is 1.97. The SMILES string of the molecule is COc1ccccc1N1CCCN(C(=O)c2ccc(NS(=O)(=O)c3cccc4cccnc34)cc2Cl)CC1. The van der Waals surface area contributed by atoms with Gasteiger partial charge in [0.1, 0.15) is 10.6 Å². The minimum atomic E-state index is -3.94. The van der Waals surface area contributed by atoms with Crippen LogP contribution in [0.1, 0.15) is 16.8 Å². The van der Waals surface area contributed by atoms with Crippen LogP contribution in [0.2, 0.25) is 5.02 Å². The van der Waals surface area contributed by atoms with Crippen molar-refractivity contribution in [3.8, 4) is 5.75 Å². The number of pyridine rings is 1. The molecular weight excluding hydrogens is 524 g/mol. The third-order valence-electron chi connectivity index (χ3n) is 6.55. The molecule has 1 aliphatic heterocycles. The van der Waals surface area contributed by atoms with Gasteiger partial charge in [-0.15, -0.1) is 0 Å². The zero-order valence-corrected chi connectivity index (χ0v) is 22.4. The molecule has 5 rings (SSSR count). The number of fused-ring (bicyclic) bond motifs is 1. The fourth-order valence-corrected chi connectivity index (χ4v) is 6.17. The van der Waals surface area contributed by atoms with Gasteiger partial charge >= 0.3 is 0 Å². The topological polar surface area (TPSA) is 91.8 Å². The number of amides is 1. The van der Waals surface area contributed by atoms with Gasteiger partial charge in [-0.1, -0.05) is 41.9 Å². The highest BCUT2D eigenvalue weighted by atomic mass is 35.5. The van der Waals surface area contributed by atoms with E-state index < -0.39 is 10.0 Å². The first-order valence-corrected chi connectivity index (χ1v) is 14.1. The number of para-hydroxylation sites is 3. The van der Waals surface area contributed by atoms with Crippen molar-refractivity contribution >= 4 is 49.8 Å². The maximum absolute atomic E-state index is 13.4. The minimum absolute atomic E-state index is 0.0658. The summed E-state index contributed by atoms with van der Waals surface area (Å²) in [4.78, 5) is 21.6. The molecule has 3 aromatic carbocycles. The van der Waals surface area contributed by atoms with E-state index in [0.717, 1.165) is 29.8 Å². The molecule has 0 radical (unpaired) electrons. The zero-order chi connectivity index (χ0) is 26.7. The summed E-state index contributed by atoms with van der Waals surface area (Å²) in [5, 5.41) is 0.896. The number of halogens is 1. The number of methoxy groups -OCH3 is 1. The maximum atomic E-state index is 13.4. The number of benzene rings is 3. The molecular formula is C28H27ClN4O4S. The van der Waals surface area contributed by atoms with Crippen molar-refractivity contribution in [1.82, 2.24) is 9.88 Å². The molecule has 8 nitrogen and oxygen atoms in total. The minimum Gasteiger partial charge on any atom is -0.495 e. The third kappa shape index (κ3) is 5.25. The van der Waals surface area contributed by atoms with Crippen LogP contribution < -0.4 is 14.4 Å². The van der Waals surface area contributed by atoms with Gasteiger partial charge in [-0.3, -0.25) is 14.5 Å². The van der Waals surface area contributed by atoms with Crippen molar-refractivity contribution in [3.63, 3.8) is 0 Å². The van der Waals surface area contributed by atoms with Gasteiger partial charge in [0, 0.05) is 37.8 Å². The molecule has 2 heterocycles. The van der Waals surface area contributed by atoms with E-state index in [9.17, 15) is 13.2 Å². The van der Waals surface area contributed by atoms with Crippen LogP contribution >= 0.6 is 11.6 Å². The maximum Gasteiger partial charge on any atom is 0.264 e. The summed E-state index contributed by atoms with van der Waals surface area (Å²) in [5.74, 6) is 0.609. The lowest BCUT2D eigenvalue weighted by Crippen LogP contribution is -2.35. The summed E-state index contributed by atoms with van der Waals surface area (Å²) in [6.07, 6.45) is 2.34. The van der Waals surface area contributed by atoms with Crippen LogP contribution in [0, 0.1) is 0 Å². The average Bonchev–Trinajstić information content (AvgIpc) is 3.18. The Bertz CT molecular complexity index is 1590. The van der Waals surface area contributed by atoms with E-state index in [-0.39, 0.29) is 21.5 Å². The Morgan fingerprint density at radius 3 is 2.61 bits per heavy atom. The number of sulfonamides is 1. The molecule has 0 saturated carbocycles. The Morgan fingerprint density at radius 2 is 1.79 bits per heavy atom. The molecule has 1 saturated heterocycles. The standard InChI is InChI=1S/C28H27ClN4O4S/c1-37-25-10-3-2-9-24(25)32-15-6-16-33(18-17-32)28(34)22-13-12-21(19-23(22)29)31-38(35,36)26-11-4-7-20-8-5-14-30-27(20)26/h2-5,7-14,19,31H,6,15-18H2,1H3. The molecule has 1 fully saturated rings. The van der Waals surface area contributed by atoms with Gasteiger partial charge < -0.3 is 14.5 Å². The second-order valence-corrected chi connectivity index (χ2v) is 11.0. The fourth-order valence-electron chi connectivity index (χ4n) is 4.68. The van der Waals surface area contributed by atoms with Crippen molar-refractivity contribution in [1.29, 1.82) is 0 Å². The van der Waals surface area contributed by atoms with Crippen molar-refractivity contribution in [2.24, 2.45) is 0 Å². The number of carbonyl (C=O) groups excluding carboxylic acids is 1. The van der Waals surface area contributed by atoms with Gasteiger partial charge in [0.2, 0.25) is 0 Å². The van der Waals surface area contributed by atoms with Crippen molar-refractivity contribution < 1.29 is 17.9 Å². The predicted octanol–water partition coefficient (Wildman–Crippen LogP) is 5.05. The number of hydrogen-bond acceptors (Lipinski definition) is 6. The van der Waals surface area contributed by atoms with Crippen LogP contribution in [0.15, 0.2) is 83.9 Å². The molecule has 196 valence electrons. The Balaban J connectivity index is 1.31. The number of ether oxygens (including phenoxy) is 1. The molecule has 0 bridgehead atoms. The molecule has 1 amide bonds. The van der Waals surface area contributed by atoms with E-state index in [1.807, 2.05) is 24.3 Å². The van der Waals surface area contributed by atoms with Crippen molar-refractivity contribution in [2.75, 3.05) is 42.9 Å². The van der Waals surface area contributed by atoms with Crippen LogP contribution in [0.25, 0.3) is 10.9 Å². The largest absolute Gasteiger partial charge is 0.495 e. The molecule has 10 heteroatoms. The number of aromatic nitrogens is 1. The lowest BCUT2D eigenvalue weighted by atomic mass is 10.1. The lowest BCUT2D eigenvalue weighted by molar-refractivity contribution is 0.0767. The highest BCUT2D eigenvalue weighted by Gasteiger charge is 2.24. The van der Waals surface area contributed by atoms with E-state index >= 15 is 0 Å². The number of carbonyl (C=O) groups is 1. The van der Waals surface area contributed by atoms with E-state index in [1.54, 1.807) is 54.6 Å². The normalized spacial score (nSPS) is 14.3. The molecule has 1 N–H and O–H groups in total. The Kier molecular flexibility index (Phi) is 7.40. The molecule has 0 atom stereocenters. The number of anilines is 2. The molecule has 0 unspecified atom stereocenters.